The molecule has 1 saturated heterocycles. The molecule has 0 aliphatic carbocycles. The predicted molar refractivity (Wildman–Crippen MR) is 35.8 cm³/mol. The van der Waals surface area contributed by atoms with Gasteiger partial charge in [0.2, 0.25) is 0 Å². The van der Waals surface area contributed by atoms with E-state index in [1.165, 1.54) is 0 Å². The molecule has 3 heteroatoms. The molecule has 58 valence electrons. The molecule has 0 unspecified atom stereocenters. The molecule has 1 atom stereocenters. The summed E-state index contributed by atoms with van der Waals surface area (Å²) in [5.41, 5.74) is 0. The van der Waals surface area contributed by atoms with Crippen molar-refractivity contribution in [3.8, 4) is 0 Å². The average molecular weight is 144 g/mol. The van der Waals surface area contributed by atoms with E-state index in [2.05, 4.69) is 0 Å². The van der Waals surface area contributed by atoms with Crippen LogP contribution >= 0.6 is 0 Å². The molecular weight excluding hydrogens is 132 g/mol. The highest BCUT2D eigenvalue weighted by Crippen LogP contribution is 2.17. The Morgan fingerprint density at radius 3 is 3.00 bits per heavy atom. The van der Waals surface area contributed by atoms with Crippen LogP contribution in [0.3, 0.4) is 0 Å². The van der Waals surface area contributed by atoms with E-state index >= 15 is 0 Å². The monoisotopic (exact) mass is 144 g/mol. The minimum atomic E-state index is -0.702. The quantitative estimate of drug-likeness (QED) is 0.639. The van der Waals surface area contributed by atoms with E-state index in [4.69, 9.17) is 9.84 Å². The Morgan fingerprint density at radius 1 is 1.70 bits per heavy atom. The summed E-state index contributed by atoms with van der Waals surface area (Å²) in [6, 6.07) is 0. The van der Waals surface area contributed by atoms with Crippen LogP contribution in [0.25, 0.3) is 0 Å². The van der Waals surface area contributed by atoms with Crippen molar-refractivity contribution in [2.75, 3.05) is 13.2 Å². The van der Waals surface area contributed by atoms with Gasteiger partial charge in [0.1, 0.15) is 0 Å². The van der Waals surface area contributed by atoms with E-state index < -0.39 is 5.97 Å². The lowest BCUT2D eigenvalue weighted by Crippen LogP contribution is -2.03. The second-order valence-electron chi connectivity index (χ2n) is 2.66. The first-order chi connectivity index (χ1) is 4.79. The van der Waals surface area contributed by atoms with Crippen molar-refractivity contribution >= 4 is 5.97 Å². The van der Waals surface area contributed by atoms with Gasteiger partial charge in [0.25, 0.3) is 0 Å². The molecule has 1 aliphatic rings. The van der Waals surface area contributed by atoms with Gasteiger partial charge < -0.3 is 9.84 Å². The van der Waals surface area contributed by atoms with Gasteiger partial charge in [-0.25, -0.2) is 0 Å². The molecule has 0 radical (unpaired) electrons. The molecule has 1 N–H and O–H groups in total. The van der Waals surface area contributed by atoms with Gasteiger partial charge in [0.05, 0.1) is 0 Å². The molecular formula is C7H12O3. The van der Waals surface area contributed by atoms with Crippen LogP contribution < -0.4 is 0 Å². The fourth-order valence-electron chi connectivity index (χ4n) is 1.14. The highest BCUT2D eigenvalue weighted by molar-refractivity contribution is 5.66. The van der Waals surface area contributed by atoms with E-state index in [1.807, 2.05) is 0 Å². The smallest absolute Gasteiger partial charge is 0.303 e. The Bertz CT molecular complexity index is 116. The molecule has 1 heterocycles. The van der Waals surface area contributed by atoms with E-state index in [0.717, 1.165) is 26.1 Å². The molecule has 0 spiro atoms. The number of aliphatic carboxylic acids is 1. The molecule has 1 aliphatic heterocycles. The zero-order chi connectivity index (χ0) is 7.40. The largest absolute Gasteiger partial charge is 0.481 e. The Balaban J connectivity index is 2.07. The highest BCUT2D eigenvalue weighted by atomic mass is 16.5. The summed E-state index contributed by atoms with van der Waals surface area (Å²) >= 11 is 0. The normalized spacial score (nSPS) is 25.0. The van der Waals surface area contributed by atoms with Crippen LogP contribution in [0.15, 0.2) is 0 Å². The van der Waals surface area contributed by atoms with Crippen LogP contribution in [0, 0.1) is 5.92 Å². The summed E-state index contributed by atoms with van der Waals surface area (Å²) in [5, 5.41) is 8.33. The summed E-state index contributed by atoms with van der Waals surface area (Å²) in [6.45, 7) is 1.57. The summed E-state index contributed by atoms with van der Waals surface area (Å²) in [6.07, 6.45) is 2.09. The number of ether oxygens (including phenoxy) is 1. The van der Waals surface area contributed by atoms with Gasteiger partial charge in [-0.1, -0.05) is 0 Å². The lowest BCUT2D eigenvalue weighted by Gasteiger charge is -2.02. The average Bonchev–Trinajstić information content (AvgIpc) is 2.34. The van der Waals surface area contributed by atoms with Crippen molar-refractivity contribution in [3.05, 3.63) is 0 Å². The summed E-state index contributed by atoms with van der Waals surface area (Å²) in [4.78, 5) is 10.1. The maximum absolute atomic E-state index is 10.1. The third-order valence-electron chi connectivity index (χ3n) is 1.79. The first kappa shape index (κ1) is 7.54. The van der Waals surface area contributed by atoms with Crippen molar-refractivity contribution in [3.63, 3.8) is 0 Å². The fourth-order valence-corrected chi connectivity index (χ4v) is 1.14. The van der Waals surface area contributed by atoms with Crippen LogP contribution in [-0.4, -0.2) is 24.3 Å². The van der Waals surface area contributed by atoms with Crippen molar-refractivity contribution < 1.29 is 14.6 Å². The Morgan fingerprint density at radius 2 is 2.50 bits per heavy atom. The molecule has 0 aromatic carbocycles. The van der Waals surface area contributed by atoms with Gasteiger partial charge in [-0.2, -0.15) is 0 Å². The number of carbonyl (C=O) groups is 1. The second kappa shape index (κ2) is 3.56. The van der Waals surface area contributed by atoms with E-state index in [9.17, 15) is 4.79 Å². The number of hydrogen-bond donors (Lipinski definition) is 1. The topological polar surface area (TPSA) is 46.5 Å². The van der Waals surface area contributed by atoms with Crippen molar-refractivity contribution in [1.29, 1.82) is 0 Å². The maximum atomic E-state index is 10.1. The van der Waals surface area contributed by atoms with Crippen LogP contribution in [0.1, 0.15) is 19.3 Å². The van der Waals surface area contributed by atoms with Gasteiger partial charge in [-0.3, -0.25) is 4.79 Å². The third-order valence-corrected chi connectivity index (χ3v) is 1.79. The third kappa shape index (κ3) is 2.35. The Hall–Kier alpha value is -0.570. The minimum absolute atomic E-state index is 0.286. The highest BCUT2D eigenvalue weighted by Gasteiger charge is 2.15. The fraction of sp³-hybridized carbons (Fsp3) is 0.857. The van der Waals surface area contributed by atoms with Gasteiger partial charge in [-0.05, 0) is 18.8 Å². The van der Waals surface area contributed by atoms with Crippen LogP contribution in [0.4, 0.5) is 0 Å². The Labute approximate surface area is 60.0 Å². The molecule has 0 aromatic heterocycles. The van der Waals surface area contributed by atoms with Crippen molar-refractivity contribution in [1.82, 2.24) is 0 Å². The number of carboxylic acids is 1. The zero-order valence-corrected chi connectivity index (χ0v) is 5.88. The van der Waals surface area contributed by atoms with Crippen LogP contribution in [-0.2, 0) is 9.53 Å². The van der Waals surface area contributed by atoms with E-state index in [1.54, 1.807) is 0 Å². The number of carboxylic acid groups (broad SMARTS) is 1. The first-order valence-corrected chi connectivity index (χ1v) is 3.58. The van der Waals surface area contributed by atoms with Gasteiger partial charge in [0, 0.05) is 19.6 Å². The van der Waals surface area contributed by atoms with E-state index in [0.29, 0.717) is 5.92 Å². The van der Waals surface area contributed by atoms with Crippen molar-refractivity contribution in [2.45, 2.75) is 19.3 Å². The predicted octanol–water partition coefficient (Wildman–Crippen LogP) is 0.888. The van der Waals surface area contributed by atoms with Crippen LogP contribution in [0.2, 0.25) is 0 Å². The van der Waals surface area contributed by atoms with Crippen molar-refractivity contribution in [2.24, 2.45) is 5.92 Å². The summed E-state index contributed by atoms with van der Waals surface area (Å²) < 4.78 is 5.10. The summed E-state index contributed by atoms with van der Waals surface area (Å²) in [7, 11) is 0. The molecule has 0 amide bonds. The maximum Gasteiger partial charge on any atom is 0.303 e. The molecule has 1 rings (SSSR count). The van der Waals surface area contributed by atoms with Gasteiger partial charge in [-0.15, -0.1) is 0 Å². The molecule has 0 bridgehead atoms. The SMILES string of the molecule is O=C(O)CC[C@@H]1CCOC1. The Kier molecular flexibility index (Phi) is 2.68. The van der Waals surface area contributed by atoms with Gasteiger partial charge >= 0.3 is 5.97 Å². The second-order valence-corrected chi connectivity index (χ2v) is 2.66. The molecule has 0 saturated carbocycles. The first-order valence-electron chi connectivity index (χ1n) is 3.58. The lowest BCUT2D eigenvalue weighted by atomic mass is 10.0. The molecule has 10 heavy (non-hydrogen) atoms. The summed E-state index contributed by atoms with van der Waals surface area (Å²) in [5.74, 6) is -0.206. The molecule has 0 aromatic rings. The van der Waals surface area contributed by atoms with Gasteiger partial charge in [0.15, 0.2) is 0 Å². The molecule has 1 fully saturated rings. The van der Waals surface area contributed by atoms with E-state index in [-0.39, 0.29) is 6.42 Å². The number of hydrogen-bond acceptors (Lipinski definition) is 2. The molecule has 3 nitrogen and oxygen atoms in total. The van der Waals surface area contributed by atoms with Crippen LogP contribution in [0.5, 0.6) is 0 Å². The minimum Gasteiger partial charge on any atom is -0.481 e. The zero-order valence-electron chi connectivity index (χ0n) is 5.88. The standard InChI is InChI=1S/C7H12O3/c8-7(9)2-1-6-3-4-10-5-6/h6H,1-5H2,(H,8,9)/t6-/m1/s1. The lowest BCUT2D eigenvalue weighted by molar-refractivity contribution is -0.137. The number of rotatable bonds is 3.